The maximum atomic E-state index is 13.3. The summed E-state index contributed by atoms with van der Waals surface area (Å²) in [7, 11) is 0. The highest BCUT2D eigenvalue weighted by molar-refractivity contribution is 6.05. The lowest BCUT2D eigenvalue weighted by Gasteiger charge is -2.25. The van der Waals surface area contributed by atoms with Crippen LogP contribution in [-0.2, 0) is 6.42 Å². The zero-order valence-corrected chi connectivity index (χ0v) is 18.0. The van der Waals surface area contributed by atoms with Crippen LogP contribution in [0.3, 0.4) is 0 Å². The largest absolute Gasteiger partial charge is 0.322 e. The molecule has 5 nitrogen and oxygen atoms in total. The molecule has 2 aromatic carbocycles. The third-order valence-corrected chi connectivity index (χ3v) is 6.05. The highest BCUT2D eigenvalue weighted by Crippen LogP contribution is 2.32. The van der Waals surface area contributed by atoms with E-state index in [0.29, 0.717) is 11.5 Å². The first-order valence-electron chi connectivity index (χ1n) is 10.8. The monoisotopic (exact) mass is 402 g/mol. The lowest BCUT2D eigenvalue weighted by Crippen LogP contribution is -2.29. The number of hydrogen-bond acceptors (Lipinski definition) is 3. The van der Waals surface area contributed by atoms with E-state index in [1.807, 2.05) is 16.8 Å². The van der Waals surface area contributed by atoms with Gasteiger partial charge in [0, 0.05) is 11.6 Å². The molecule has 1 fully saturated rings. The summed E-state index contributed by atoms with van der Waals surface area (Å²) in [6.07, 6.45) is 4.72. The van der Waals surface area contributed by atoms with E-state index in [2.05, 4.69) is 61.7 Å². The molecule has 0 radical (unpaired) electrons. The first-order valence-corrected chi connectivity index (χ1v) is 10.8. The van der Waals surface area contributed by atoms with Crippen LogP contribution >= 0.6 is 0 Å². The minimum absolute atomic E-state index is 0.0923. The number of aromatic nitrogens is 2. The van der Waals surface area contributed by atoms with Gasteiger partial charge in [0.25, 0.3) is 5.91 Å². The van der Waals surface area contributed by atoms with Gasteiger partial charge in [-0.1, -0.05) is 37.3 Å². The molecule has 0 bridgehead atoms. The van der Waals surface area contributed by atoms with Crippen molar-refractivity contribution in [3.8, 4) is 5.69 Å². The van der Waals surface area contributed by atoms with Crippen molar-refractivity contribution in [2.75, 3.05) is 18.4 Å². The molecular weight excluding hydrogens is 372 g/mol. The molecule has 5 heteroatoms. The average Bonchev–Trinajstić information content (AvgIpc) is 3.19. The molecule has 1 amide bonds. The van der Waals surface area contributed by atoms with E-state index in [0.717, 1.165) is 60.5 Å². The van der Waals surface area contributed by atoms with Crippen molar-refractivity contribution in [3.05, 3.63) is 76.6 Å². The standard InChI is InChI=1S/C25H30N4O/c1-4-19-8-10-21(11-9-19)28-25(30)22-16-27-29(23-17(2)6-5-7-18(23)3)24(22)20-12-14-26-15-13-20/h5-11,16,20,26H,4,12-15H2,1-3H3,(H,28,30). The van der Waals surface area contributed by atoms with Gasteiger partial charge < -0.3 is 10.6 Å². The number of amides is 1. The molecule has 1 aliphatic rings. The normalized spacial score (nSPS) is 14.6. The molecule has 0 aliphatic carbocycles. The number of aryl methyl sites for hydroxylation is 3. The van der Waals surface area contributed by atoms with E-state index in [1.165, 1.54) is 5.56 Å². The number of piperidine rings is 1. The number of rotatable bonds is 5. The van der Waals surface area contributed by atoms with Gasteiger partial charge in [-0.05, 0) is 75.0 Å². The van der Waals surface area contributed by atoms with E-state index in [4.69, 9.17) is 5.10 Å². The Morgan fingerprint density at radius 1 is 1.10 bits per heavy atom. The third kappa shape index (κ3) is 4.03. The predicted octanol–water partition coefficient (Wildman–Crippen LogP) is 4.77. The molecule has 1 aromatic heterocycles. The maximum absolute atomic E-state index is 13.3. The fraction of sp³-hybridized carbons (Fsp3) is 0.360. The summed E-state index contributed by atoms with van der Waals surface area (Å²) in [5.74, 6) is 0.209. The van der Waals surface area contributed by atoms with Crippen LogP contribution in [0.2, 0.25) is 0 Å². The lowest BCUT2D eigenvalue weighted by atomic mass is 9.91. The first kappa shape index (κ1) is 20.4. The van der Waals surface area contributed by atoms with Crippen molar-refractivity contribution < 1.29 is 4.79 Å². The van der Waals surface area contributed by atoms with Gasteiger partial charge >= 0.3 is 0 Å². The Balaban J connectivity index is 1.73. The van der Waals surface area contributed by atoms with E-state index in [9.17, 15) is 4.79 Å². The zero-order chi connectivity index (χ0) is 21.1. The van der Waals surface area contributed by atoms with Crippen molar-refractivity contribution in [1.82, 2.24) is 15.1 Å². The summed E-state index contributed by atoms with van der Waals surface area (Å²) in [6.45, 7) is 8.25. The van der Waals surface area contributed by atoms with Gasteiger partial charge in [0.2, 0.25) is 0 Å². The molecule has 30 heavy (non-hydrogen) atoms. The Labute approximate surface area is 178 Å². The number of hydrogen-bond donors (Lipinski definition) is 2. The number of carbonyl (C=O) groups excluding carboxylic acids is 1. The average molecular weight is 403 g/mol. The summed E-state index contributed by atoms with van der Waals surface area (Å²) in [5, 5.41) is 11.2. The molecule has 2 heterocycles. The Bertz CT molecular complexity index is 1010. The number of nitrogens with one attached hydrogen (secondary N) is 2. The van der Waals surface area contributed by atoms with Crippen LogP contribution in [0.5, 0.6) is 0 Å². The van der Waals surface area contributed by atoms with E-state index < -0.39 is 0 Å². The Kier molecular flexibility index (Phi) is 6.00. The van der Waals surface area contributed by atoms with Gasteiger partial charge in [-0.3, -0.25) is 4.79 Å². The summed E-state index contributed by atoms with van der Waals surface area (Å²) in [6, 6.07) is 14.3. The third-order valence-electron chi connectivity index (χ3n) is 6.05. The van der Waals surface area contributed by atoms with Gasteiger partial charge in [-0.25, -0.2) is 4.68 Å². The SMILES string of the molecule is CCc1ccc(NC(=O)c2cnn(-c3c(C)cccc3C)c2C2CCNCC2)cc1. The highest BCUT2D eigenvalue weighted by atomic mass is 16.1. The van der Waals surface area contributed by atoms with Crippen LogP contribution in [0, 0.1) is 13.8 Å². The fourth-order valence-corrected chi connectivity index (χ4v) is 4.36. The number of carbonyl (C=O) groups is 1. The Morgan fingerprint density at radius 3 is 2.40 bits per heavy atom. The van der Waals surface area contributed by atoms with Gasteiger partial charge in [0.15, 0.2) is 0 Å². The molecule has 0 unspecified atom stereocenters. The second kappa shape index (κ2) is 8.84. The van der Waals surface area contributed by atoms with Crippen molar-refractivity contribution in [1.29, 1.82) is 0 Å². The Hall–Kier alpha value is -2.92. The number of anilines is 1. The summed E-state index contributed by atoms with van der Waals surface area (Å²) < 4.78 is 2.01. The minimum atomic E-state index is -0.0923. The summed E-state index contributed by atoms with van der Waals surface area (Å²) >= 11 is 0. The zero-order valence-electron chi connectivity index (χ0n) is 18.0. The van der Waals surface area contributed by atoms with E-state index in [-0.39, 0.29) is 5.91 Å². The van der Waals surface area contributed by atoms with Crippen molar-refractivity contribution in [3.63, 3.8) is 0 Å². The topological polar surface area (TPSA) is 59.0 Å². The van der Waals surface area contributed by atoms with Crippen molar-refractivity contribution in [2.45, 2.75) is 46.0 Å². The molecule has 3 aromatic rings. The molecule has 0 spiro atoms. The number of nitrogens with zero attached hydrogens (tertiary/aromatic N) is 2. The molecule has 1 aliphatic heterocycles. The number of para-hydroxylation sites is 1. The van der Waals surface area contributed by atoms with Crippen molar-refractivity contribution in [2.24, 2.45) is 0 Å². The predicted molar refractivity (Wildman–Crippen MR) is 122 cm³/mol. The smallest absolute Gasteiger partial charge is 0.259 e. The van der Waals surface area contributed by atoms with Crippen LogP contribution in [0.1, 0.15) is 58.4 Å². The van der Waals surface area contributed by atoms with Crippen LogP contribution in [0.4, 0.5) is 5.69 Å². The minimum Gasteiger partial charge on any atom is -0.322 e. The fourth-order valence-electron chi connectivity index (χ4n) is 4.36. The highest BCUT2D eigenvalue weighted by Gasteiger charge is 2.28. The molecule has 4 rings (SSSR count). The lowest BCUT2D eigenvalue weighted by molar-refractivity contribution is 0.102. The van der Waals surface area contributed by atoms with Crippen LogP contribution in [-0.4, -0.2) is 28.8 Å². The molecular formula is C25H30N4O. The molecule has 0 atom stereocenters. The maximum Gasteiger partial charge on any atom is 0.259 e. The van der Waals surface area contributed by atoms with Crippen molar-refractivity contribution >= 4 is 11.6 Å². The van der Waals surface area contributed by atoms with Gasteiger partial charge in [-0.2, -0.15) is 5.10 Å². The van der Waals surface area contributed by atoms with Crippen LogP contribution in [0.25, 0.3) is 5.69 Å². The quantitative estimate of drug-likeness (QED) is 0.646. The first-order chi connectivity index (χ1) is 14.6. The van der Waals surface area contributed by atoms with Gasteiger partial charge in [0.1, 0.15) is 0 Å². The molecule has 156 valence electrons. The second-order valence-corrected chi connectivity index (χ2v) is 8.12. The summed E-state index contributed by atoms with van der Waals surface area (Å²) in [4.78, 5) is 13.3. The number of benzene rings is 2. The van der Waals surface area contributed by atoms with Gasteiger partial charge in [0.05, 0.1) is 23.1 Å². The second-order valence-electron chi connectivity index (χ2n) is 8.12. The molecule has 2 N–H and O–H groups in total. The molecule has 1 saturated heterocycles. The summed E-state index contributed by atoms with van der Waals surface area (Å²) in [5.41, 5.74) is 7.17. The van der Waals surface area contributed by atoms with E-state index >= 15 is 0 Å². The van der Waals surface area contributed by atoms with Gasteiger partial charge in [-0.15, -0.1) is 0 Å². The van der Waals surface area contributed by atoms with E-state index in [1.54, 1.807) is 6.20 Å². The molecule has 0 saturated carbocycles. The van der Waals surface area contributed by atoms with Crippen LogP contribution < -0.4 is 10.6 Å². The van der Waals surface area contributed by atoms with Crippen LogP contribution in [0.15, 0.2) is 48.7 Å². The Morgan fingerprint density at radius 2 is 1.77 bits per heavy atom.